The zero-order chi connectivity index (χ0) is 11.4. The molecule has 0 radical (unpaired) electrons. The maximum absolute atomic E-state index is 8.74. The second-order valence-electron chi connectivity index (χ2n) is 3.77. The van der Waals surface area contributed by atoms with E-state index in [9.17, 15) is 0 Å². The summed E-state index contributed by atoms with van der Waals surface area (Å²) in [5.41, 5.74) is 0.480. The van der Waals surface area contributed by atoms with Gasteiger partial charge in [-0.05, 0) is 37.5 Å². The van der Waals surface area contributed by atoms with Crippen LogP contribution in [-0.4, -0.2) is 6.10 Å². The molecule has 1 aliphatic carbocycles. The number of allylic oxidation sites excluding steroid dienone is 1. The molecule has 1 aromatic carbocycles. The monoisotopic (exact) mass is 233 g/mol. The van der Waals surface area contributed by atoms with E-state index in [2.05, 4.69) is 12.2 Å². The summed E-state index contributed by atoms with van der Waals surface area (Å²) in [6, 6.07) is 7.19. The Morgan fingerprint density at radius 2 is 2.31 bits per heavy atom. The molecule has 2 nitrogen and oxygen atoms in total. The number of ether oxygens (including phenoxy) is 1. The van der Waals surface area contributed by atoms with Crippen molar-refractivity contribution in [1.82, 2.24) is 0 Å². The van der Waals surface area contributed by atoms with Crippen molar-refractivity contribution in [1.29, 1.82) is 5.26 Å². The molecule has 1 unspecified atom stereocenters. The quantitative estimate of drug-likeness (QED) is 0.730. The van der Waals surface area contributed by atoms with Crippen LogP contribution in [0, 0.1) is 11.3 Å². The van der Waals surface area contributed by atoms with E-state index in [-0.39, 0.29) is 6.10 Å². The predicted octanol–water partition coefficient (Wildman–Crippen LogP) is 3.70. The predicted molar refractivity (Wildman–Crippen MR) is 63.6 cm³/mol. The van der Waals surface area contributed by atoms with Gasteiger partial charge in [-0.25, -0.2) is 0 Å². The molecule has 1 atom stereocenters. The van der Waals surface area contributed by atoms with Crippen LogP contribution in [0.25, 0.3) is 0 Å². The molecule has 0 N–H and O–H groups in total. The van der Waals surface area contributed by atoms with Crippen LogP contribution in [0.3, 0.4) is 0 Å². The third-order valence-electron chi connectivity index (χ3n) is 2.56. The topological polar surface area (TPSA) is 33.0 Å². The van der Waals surface area contributed by atoms with Gasteiger partial charge in [-0.1, -0.05) is 17.7 Å². The lowest BCUT2D eigenvalue weighted by Gasteiger charge is -2.18. The van der Waals surface area contributed by atoms with E-state index >= 15 is 0 Å². The van der Waals surface area contributed by atoms with E-state index in [4.69, 9.17) is 21.6 Å². The third kappa shape index (κ3) is 2.56. The largest absolute Gasteiger partial charge is 0.486 e. The highest BCUT2D eigenvalue weighted by atomic mass is 35.5. The van der Waals surface area contributed by atoms with Gasteiger partial charge in [0.1, 0.15) is 17.9 Å². The van der Waals surface area contributed by atoms with Gasteiger partial charge in [0.25, 0.3) is 0 Å². The Labute approximate surface area is 100 Å². The second kappa shape index (κ2) is 5.05. The first kappa shape index (κ1) is 11.0. The van der Waals surface area contributed by atoms with Crippen molar-refractivity contribution in [3.63, 3.8) is 0 Å². The fourth-order valence-corrected chi connectivity index (χ4v) is 1.93. The molecule has 0 saturated carbocycles. The van der Waals surface area contributed by atoms with Gasteiger partial charge in [0.05, 0.1) is 10.6 Å². The normalized spacial score (nSPS) is 19.1. The standard InChI is InChI=1S/C13H12ClNO/c14-13-8-12(7-6-10(13)9-15)16-11-4-2-1-3-5-11/h2,4,6-8,11H,1,3,5H2. The van der Waals surface area contributed by atoms with Gasteiger partial charge >= 0.3 is 0 Å². The fraction of sp³-hybridized carbons (Fsp3) is 0.308. The fourth-order valence-electron chi connectivity index (χ4n) is 1.71. The van der Waals surface area contributed by atoms with Crippen molar-refractivity contribution in [2.24, 2.45) is 0 Å². The maximum Gasteiger partial charge on any atom is 0.121 e. The average Bonchev–Trinajstić information content (AvgIpc) is 2.31. The van der Waals surface area contributed by atoms with E-state index in [1.54, 1.807) is 18.2 Å². The molecule has 0 heterocycles. The Morgan fingerprint density at radius 3 is 2.94 bits per heavy atom. The zero-order valence-corrected chi connectivity index (χ0v) is 9.57. The van der Waals surface area contributed by atoms with E-state index in [1.807, 2.05) is 6.07 Å². The summed E-state index contributed by atoms with van der Waals surface area (Å²) in [7, 11) is 0. The molecule has 1 aromatic rings. The van der Waals surface area contributed by atoms with Gasteiger partial charge in [0.15, 0.2) is 0 Å². The lowest BCUT2D eigenvalue weighted by molar-refractivity contribution is 0.230. The van der Waals surface area contributed by atoms with Crippen molar-refractivity contribution < 1.29 is 4.74 Å². The van der Waals surface area contributed by atoms with Crippen LogP contribution < -0.4 is 4.74 Å². The van der Waals surface area contributed by atoms with Gasteiger partial charge in [0.2, 0.25) is 0 Å². The van der Waals surface area contributed by atoms with Crippen LogP contribution in [0.1, 0.15) is 24.8 Å². The number of halogens is 1. The lowest BCUT2D eigenvalue weighted by Crippen LogP contribution is -2.15. The van der Waals surface area contributed by atoms with Gasteiger partial charge in [0, 0.05) is 6.07 Å². The molecule has 0 aromatic heterocycles. The molecule has 0 spiro atoms. The number of hydrogen-bond donors (Lipinski definition) is 0. The van der Waals surface area contributed by atoms with Crippen LogP contribution in [-0.2, 0) is 0 Å². The van der Waals surface area contributed by atoms with Gasteiger partial charge in [-0.15, -0.1) is 0 Å². The molecule has 3 heteroatoms. The minimum absolute atomic E-state index is 0.137. The Morgan fingerprint density at radius 1 is 1.44 bits per heavy atom. The zero-order valence-electron chi connectivity index (χ0n) is 8.82. The average molecular weight is 234 g/mol. The van der Waals surface area contributed by atoms with Crippen molar-refractivity contribution in [2.45, 2.75) is 25.4 Å². The Balaban J connectivity index is 2.10. The summed E-state index contributed by atoms with van der Waals surface area (Å²) < 4.78 is 5.75. The Kier molecular flexibility index (Phi) is 3.48. The summed E-state index contributed by atoms with van der Waals surface area (Å²) in [5, 5.41) is 9.19. The first-order valence-electron chi connectivity index (χ1n) is 5.32. The second-order valence-corrected chi connectivity index (χ2v) is 4.18. The van der Waals surface area contributed by atoms with E-state index < -0.39 is 0 Å². The lowest BCUT2D eigenvalue weighted by atomic mass is 10.1. The molecule has 0 amide bonds. The molecule has 0 aliphatic heterocycles. The maximum atomic E-state index is 8.74. The SMILES string of the molecule is N#Cc1ccc(OC2C=CCCC2)cc1Cl. The van der Waals surface area contributed by atoms with Gasteiger partial charge in [-0.3, -0.25) is 0 Å². The van der Waals surface area contributed by atoms with Gasteiger partial charge < -0.3 is 4.74 Å². The molecule has 1 aliphatic rings. The van der Waals surface area contributed by atoms with Gasteiger partial charge in [-0.2, -0.15) is 5.26 Å². The molecular weight excluding hydrogens is 222 g/mol. The van der Waals surface area contributed by atoms with E-state index in [1.165, 1.54) is 0 Å². The Hall–Kier alpha value is -1.46. The molecule has 0 saturated heterocycles. The number of benzene rings is 1. The number of nitrogens with zero attached hydrogens (tertiary/aromatic N) is 1. The molecule has 82 valence electrons. The highest BCUT2D eigenvalue weighted by Gasteiger charge is 2.10. The summed E-state index contributed by atoms with van der Waals surface area (Å²) in [4.78, 5) is 0. The molecule has 16 heavy (non-hydrogen) atoms. The number of nitriles is 1. The van der Waals surface area contributed by atoms with Crippen LogP contribution in [0.4, 0.5) is 0 Å². The minimum atomic E-state index is 0.137. The van der Waals surface area contributed by atoms with Crippen molar-refractivity contribution in [3.05, 3.63) is 40.9 Å². The molecule has 2 rings (SSSR count). The smallest absolute Gasteiger partial charge is 0.121 e. The van der Waals surface area contributed by atoms with Crippen LogP contribution in [0.2, 0.25) is 5.02 Å². The van der Waals surface area contributed by atoms with Crippen molar-refractivity contribution in [3.8, 4) is 11.8 Å². The molecule has 0 fully saturated rings. The van der Waals surface area contributed by atoms with E-state index in [0.29, 0.717) is 10.6 Å². The summed E-state index contributed by atoms with van der Waals surface area (Å²) in [5.74, 6) is 0.723. The summed E-state index contributed by atoms with van der Waals surface area (Å²) in [6.07, 6.45) is 7.68. The first-order valence-corrected chi connectivity index (χ1v) is 5.70. The minimum Gasteiger partial charge on any atom is -0.486 e. The van der Waals surface area contributed by atoms with Crippen LogP contribution in [0.15, 0.2) is 30.4 Å². The van der Waals surface area contributed by atoms with Crippen molar-refractivity contribution >= 4 is 11.6 Å². The third-order valence-corrected chi connectivity index (χ3v) is 2.87. The Bertz CT molecular complexity index is 448. The number of rotatable bonds is 2. The number of hydrogen-bond acceptors (Lipinski definition) is 2. The highest BCUT2D eigenvalue weighted by Crippen LogP contribution is 2.24. The molecular formula is C13H12ClNO. The molecule has 0 bridgehead atoms. The van der Waals surface area contributed by atoms with Crippen LogP contribution in [0.5, 0.6) is 5.75 Å². The van der Waals surface area contributed by atoms with Crippen LogP contribution >= 0.6 is 11.6 Å². The first-order chi connectivity index (χ1) is 7.79. The van der Waals surface area contributed by atoms with Crippen molar-refractivity contribution in [2.75, 3.05) is 0 Å². The highest BCUT2D eigenvalue weighted by molar-refractivity contribution is 6.31. The summed E-state index contributed by atoms with van der Waals surface area (Å²) >= 11 is 5.93. The van der Waals surface area contributed by atoms with E-state index in [0.717, 1.165) is 25.0 Å². The summed E-state index contributed by atoms with van der Waals surface area (Å²) in [6.45, 7) is 0.